The van der Waals surface area contributed by atoms with E-state index < -0.39 is 54.0 Å². The molecule has 3 amide bonds. The van der Waals surface area contributed by atoms with Crippen molar-refractivity contribution < 1.29 is 29.4 Å². The van der Waals surface area contributed by atoms with Gasteiger partial charge in [0.05, 0.1) is 12.1 Å². The Balaban J connectivity index is 2.28. The second kappa shape index (κ2) is 14.1. The van der Waals surface area contributed by atoms with Crippen LogP contribution in [0.15, 0.2) is 30.5 Å². The molecule has 11 nitrogen and oxygen atoms in total. The molecule has 1 aromatic carbocycles. The average molecular weight is 540 g/mol. The second-order valence-electron chi connectivity index (χ2n) is 8.32. The number of nitrogens with one attached hydrogen (secondary N) is 4. The fourth-order valence-corrected chi connectivity index (χ4v) is 4.15. The number of hydrogen-bond donors (Lipinski definition) is 8. The number of thiol groups is 1. The van der Waals surface area contributed by atoms with Gasteiger partial charge in [0.2, 0.25) is 17.7 Å². The predicted molar refractivity (Wildman–Crippen MR) is 142 cm³/mol. The van der Waals surface area contributed by atoms with Crippen LogP contribution in [0.5, 0.6) is 0 Å². The first-order valence-electron chi connectivity index (χ1n) is 11.3. The number of carbonyl (C=O) groups excluding carboxylic acids is 3. The summed E-state index contributed by atoms with van der Waals surface area (Å²) in [5.41, 5.74) is 7.42. The number of hydrogen-bond acceptors (Lipinski definition) is 8. The molecule has 0 radical (unpaired) electrons. The standard InChI is InChI=1S/C23H33N5O6S2/c1-12(29)19(23(33)34)28-21(31)17(7-8-36-2)26-22(32)18(27-20(30)15(24)11-35)9-13-10-25-16-6-4-3-5-14(13)16/h3-6,10,12,15,17-19,25,29,35H,7-9,11,24H2,1-2H3,(H,26,32)(H,27,30)(H,28,31)(H,33,34). The lowest BCUT2D eigenvalue weighted by molar-refractivity contribution is -0.145. The van der Waals surface area contributed by atoms with E-state index in [1.165, 1.54) is 18.7 Å². The molecule has 0 aliphatic carbocycles. The zero-order chi connectivity index (χ0) is 26.8. The lowest BCUT2D eigenvalue weighted by atomic mass is 10.0. The van der Waals surface area contributed by atoms with E-state index in [4.69, 9.17) is 5.73 Å². The van der Waals surface area contributed by atoms with Crippen LogP contribution in [0.25, 0.3) is 10.9 Å². The van der Waals surface area contributed by atoms with Crippen molar-refractivity contribution in [2.45, 2.75) is 50.0 Å². The third kappa shape index (κ3) is 8.15. The number of fused-ring (bicyclic) bond motifs is 1. The van der Waals surface area contributed by atoms with Crippen LogP contribution >= 0.6 is 24.4 Å². The zero-order valence-corrected chi connectivity index (χ0v) is 21.8. The van der Waals surface area contributed by atoms with Crippen molar-refractivity contribution in [1.29, 1.82) is 0 Å². The molecule has 5 unspecified atom stereocenters. The molecule has 2 rings (SSSR count). The van der Waals surface area contributed by atoms with Gasteiger partial charge in [0.25, 0.3) is 0 Å². The molecule has 0 saturated heterocycles. The van der Waals surface area contributed by atoms with E-state index in [-0.39, 0.29) is 18.6 Å². The third-order valence-electron chi connectivity index (χ3n) is 5.56. The largest absolute Gasteiger partial charge is 0.480 e. The highest BCUT2D eigenvalue weighted by atomic mass is 32.2. The van der Waals surface area contributed by atoms with Gasteiger partial charge in [-0.1, -0.05) is 18.2 Å². The number of para-hydroxylation sites is 1. The zero-order valence-electron chi connectivity index (χ0n) is 20.1. The second-order valence-corrected chi connectivity index (χ2v) is 9.67. The minimum atomic E-state index is -1.54. The molecule has 0 bridgehead atoms. The summed E-state index contributed by atoms with van der Waals surface area (Å²) in [4.78, 5) is 53.2. The Hall–Kier alpha value is -2.74. The summed E-state index contributed by atoms with van der Waals surface area (Å²) < 4.78 is 0. The normalized spacial score (nSPS) is 15.4. The van der Waals surface area contributed by atoms with Crippen molar-refractivity contribution in [3.63, 3.8) is 0 Å². The van der Waals surface area contributed by atoms with E-state index in [1.807, 2.05) is 30.5 Å². The lowest BCUT2D eigenvalue weighted by Crippen LogP contribution is -2.58. The Bertz CT molecular complexity index is 1060. The van der Waals surface area contributed by atoms with Crippen LogP contribution in [0.4, 0.5) is 0 Å². The average Bonchev–Trinajstić information content (AvgIpc) is 3.26. The Labute approximate surface area is 218 Å². The number of nitrogens with two attached hydrogens (primary N) is 1. The lowest BCUT2D eigenvalue weighted by Gasteiger charge is -2.25. The summed E-state index contributed by atoms with van der Waals surface area (Å²) in [5, 5.41) is 27.4. The molecule has 5 atom stereocenters. The van der Waals surface area contributed by atoms with Crippen molar-refractivity contribution in [3.8, 4) is 0 Å². The number of aliphatic hydroxyl groups is 1. The minimum Gasteiger partial charge on any atom is -0.480 e. The number of H-pyrrole nitrogens is 1. The molecule has 36 heavy (non-hydrogen) atoms. The fourth-order valence-electron chi connectivity index (χ4n) is 3.51. The number of rotatable bonds is 14. The van der Waals surface area contributed by atoms with E-state index in [0.29, 0.717) is 5.75 Å². The van der Waals surface area contributed by atoms with Gasteiger partial charge in [0.15, 0.2) is 6.04 Å². The van der Waals surface area contributed by atoms with Gasteiger partial charge >= 0.3 is 5.97 Å². The molecular weight excluding hydrogens is 506 g/mol. The van der Waals surface area contributed by atoms with E-state index in [1.54, 1.807) is 6.20 Å². The topological polar surface area (TPSA) is 187 Å². The first-order chi connectivity index (χ1) is 17.1. The van der Waals surface area contributed by atoms with Crippen LogP contribution in [0.1, 0.15) is 18.9 Å². The monoisotopic (exact) mass is 539 g/mol. The van der Waals surface area contributed by atoms with Gasteiger partial charge in [-0.15, -0.1) is 0 Å². The Morgan fingerprint density at radius 2 is 1.72 bits per heavy atom. The van der Waals surface area contributed by atoms with Crippen LogP contribution in [-0.4, -0.2) is 86.9 Å². The number of thioether (sulfide) groups is 1. The Kier molecular flexibility index (Phi) is 11.6. The first-order valence-corrected chi connectivity index (χ1v) is 13.3. The fraction of sp³-hybridized carbons (Fsp3) is 0.478. The highest BCUT2D eigenvalue weighted by molar-refractivity contribution is 7.98. The quantitative estimate of drug-likeness (QED) is 0.150. The van der Waals surface area contributed by atoms with E-state index in [2.05, 4.69) is 33.6 Å². The summed E-state index contributed by atoms with van der Waals surface area (Å²) in [7, 11) is 0. The molecular formula is C23H33N5O6S2. The number of aromatic amines is 1. The van der Waals surface area contributed by atoms with Crippen molar-refractivity contribution in [1.82, 2.24) is 20.9 Å². The van der Waals surface area contributed by atoms with Gasteiger partial charge in [-0.3, -0.25) is 14.4 Å². The van der Waals surface area contributed by atoms with E-state index in [0.717, 1.165) is 16.5 Å². The molecule has 0 aliphatic rings. The molecule has 1 aromatic heterocycles. The van der Waals surface area contributed by atoms with Gasteiger partial charge < -0.3 is 36.9 Å². The summed E-state index contributed by atoms with van der Waals surface area (Å²) in [6.45, 7) is 1.24. The summed E-state index contributed by atoms with van der Waals surface area (Å²) in [6, 6.07) is 2.85. The number of carbonyl (C=O) groups is 4. The predicted octanol–water partition coefficient (Wildman–Crippen LogP) is -0.360. The molecule has 2 aromatic rings. The van der Waals surface area contributed by atoms with Crippen LogP contribution in [0.2, 0.25) is 0 Å². The van der Waals surface area contributed by atoms with Crippen molar-refractivity contribution in [3.05, 3.63) is 36.0 Å². The van der Waals surface area contributed by atoms with Crippen molar-refractivity contribution >= 4 is 59.0 Å². The number of aromatic nitrogens is 1. The van der Waals surface area contributed by atoms with Crippen LogP contribution in [0, 0.1) is 0 Å². The SMILES string of the molecule is CSCCC(NC(=O)C(Cc1c[nH]c2ccccc12)NC(=O)C(N)CS)C(=O)NC(C(=O)O)C(C)O. The Morgan fingerprint density at radius 3 is 2.33 bits per heavy atom. The molecule has 13 heteroatoms. The van der Waals surface area contributed by atoms with Crippen LogP contribution < -0.4 is 21.7 Å². The summed E-state index contributed by atoms with van der Waals surface area (Å²) in [5.74, 6) is -2.80. The van der Waals surface area contributed by atoms with Crippen LogP contribution in [0.3, 0.4) is 0 Å². The maximum absolute atomic E-state index is 13.3. The van der Waals surface area contributed by atoms with Gasteiger partial charge in [0, 0.05) is 29.3 Å². The number of aliphatic hydroxyl groups excluding tert-OH is 1. The minimum absolute atomic E-state index is 0.0714. The van der Waals surface area contributed by atoms with Gasteiger partial charge in [-0.2, -0.15) is 24.4 Å². The van der Waals surface area contributed by atoms with Gasteiger partial charge in [-0.25, -0.2) is 4.79 Å². The summed E-state index contributed by atoms with van der Waals surface area (Å²) >= 11 is 5.48. The third-order valence-corrected chi connectivity index (χ3v) is 6.59. The maximum atomic E-state index is 13.3. The number of amides is 3. The highest BCUT2D eigenvalue weighted by Gasteiger charge is 2.32. The highest BCUT2D eigenvalue weighted by Crippen LogP contribution is 2.19. The van der Waals surface area contributed by atoms with Crippen molar-refractivity contribution in [2.24, 2.45) is 5.73 Å². The summed E-state index contributed by atoms with van der Waals surface area (Å²) in [6.07, 6.45) is 2.54. The molecule has 198 valence electrons. The smallest absolute Gasteiger partial charge is 0.328 e. The number of aliphatic carboxylic acids is 1. The van der Waals surface area contributed by atoms with Crippen molar-refractivity contribution in [2.75, 3.05) is 17.8 Å². The molecule has 0 spiro atoms. The van der Waals surface area contributed by atoms with Gasteiger partial charge in [0.1, 0.15) is 12.1 Å². The molecule has 8 N–H and O–H groups in total. The number of carboxylic acids is 1. The van der Waals surface area contributed by atoms with Gasteiger partial charge in [-0.05, 0) is 37.0 Å². The van der Waals surface area contributed by atoms with E-state index >= 15 is 0 Å². The molecule has 0 saturated carbocycles. The maximum Gasteiger partial charge on any atom is 0.328 e. The Morgan fingerprint density at radius 1 is 1.08 bits per heavy atom. The molecule has 0 aliphatic heterocycles. The van der Waals surface area contributed by atoms with Crippen LogP contribution in [-0.2, 0) is 25.6 Å². The number of benzene rings is 1. The van der Waals surface area contributed by atoms with E-state index in [9.17, 15) is 29.4 Å². The first kappa shape index (κ1) is 29.5. The molecule has 1 heterocycles. The number of carboxylic acid groups (broad SMARTS) is 1. The molecule has 0 fully saturated rings.